The Labute approximate surface area is 105 Å². The minimum absolute atomic E-state index is 0.155. The first kappa shape index (κ1) is 14.5. The normalized spacial score (nSPS) is 21.8. The van der Waals surface area contributed by atoms with Crippen molar-refractivity contribution in [3.63, 3.8) is 0 Å². The maximum absolute atomic E-state index is 11.8. The molecule has 1 saturated heterocycles. The SMILES string of the molecule is CC(C)CNC(=O)CN1CCCCC1CCN. The summed E-state index contributed by atoms with van der Waals surface area (Å²) < 4.78 is 0. The lowest BCUT2D eigenvalue weighted by atomic mass is 9.99. The molecule has 0 aromatic heterocycles. The molecule has 3 N–H and O–H groups in total. The molecule has 0 saturated carbocycles. The van der Waals surface area contributed by atoms with Gasteiger partial charge < -0.3 is 11.1 Å². The van der Waals surface area contributed by atoms with Crippen molar-refractivity contribution in [2.24, 2.45) is 11.7 Å². The Balaban J connectivity index is 2.33. The number of amides is 1. The summed E-state index contributed by atoms with van der Waals surface area (Å²) in [6.45, 7) is 7.29. The van der Waals surface area contributed by atoms with Crippen molar-refractivity contribution in [2.75, 3.05) is 26.2 Å². The first-order valence-electron chi connectivity index (χ1n) is 6.84. The highest BCUT2D eigenvalue weighted by Crippen LogP contribution is 2.18. The lowest BCUT2D eigenvalue weighted by Gasteiger charge is -2.35. The number of piperidine rings is 1. The van der Waals surface area contributed by atoms with E-state index >= 15 is 0 Å². The smallest absolute Gasteiger partial charge is 0.234 e. The van der Waals surface area contributed by atoms with Gasteiger partial charge in [0.2, 0.25) is 5.91 Å². The molecule has 0 spiro atoms. The van der Waals surface area contributed by atoms with Crippen LogP contribution in [0, 0.1) is 5.92 Å². The molecule has 1 aliphatic rings. The molecule has 1 rings (SSSR count). The van der Waals surface area contributed by atoms with Crippen molar-refractivity contribution < 1.29 is 4.79 Å². The fourth-order valence-corrected chi connectivity index (χ4v) is 2.35. The van der Waals surface area contributed by atoms with Crippen LogP contribution in [0.15, 0.2) is 0 Å². The van der Waals surface area contributed by atoms with Crippen molar-refractivity contribution in [3.05, 3.63) is 0 Å². The molecule has 1 heterocycles. The first-order chi connectivity index (χ1) is 8.13. The number of rotatable bonds is 6. The quantitative estimate of drug-likeness (QED) is 0.728. The van der Waals surface area contributed by atoms with Crippen LogP contribution in [0.4, 0.5) is 0 Å². The minimum Gasteiger partial charge on any atom is -0.355 e. The molecule has 17 heavy (non-hydrogen) atoms. The Kier molecular flexibility index (Phi) is 6.52. The van der Waals surface area contributed by atoms with E-state index in [0.717, 1.165) is 26.1 Å². The highest BCUT2D eigenvalue weighted by Gasteiger charge is 2.23. The third-order valence-electron chi connectivity index (χ3n) is 3.30. The second-order valence-corrected chi connectivity index (χ2v) is 5.40. The maximum Gasteiger partial charge on any atom is 0.234 e. The third kappa shape index (κ3) is 5.50. The predicted molar refractivity (Wildman–Crippen MR) is 70.7 cm³/mol. The zero-order valence-corrected chi connectivity index (χ0v) is 11.2. The van der Waals surface area contributed by atoms with Gasteiger partial charge in [0.25, 0.3) is 0 Å². The van der Waals surface area contributed by atoms with E-state index in [2.05, 4.69) is 24.1 Å². The van der Waals surface area contributed by atoms with Crippen molar-refractivity contribution in [2.45, 2.75) is 45.6 Å². The monoisotopic (exact) mass is 241 g/mol. The Bertz CT molecular complexity index is 229. The van der Waals surface area contributed by atoms with Gasteiger partial charge in [0.05, 0.1) is 6.54 Å². The lowest BCUT2D eigenvalue weighted by Crippen LogP contribution is -2.46. The molecule has 4 nitrogen and oxygen atoms in total. The van der Waals surface area contributed by atoms with Crippen LogP contribution >= 0.6 is 0 Å². The Hall–Kier alpha value is -0.610. The molecule has 1 unspecified atom stereocenters. The van der Waals surface area contributed by atoms with E-state index in [4.69, 9.17) is 5.73 Å². The van der Waals surface area contributed by atoms with Gasteiger partial charge in [0.1, 0.15) is 0 Å². The molecule has 0 aromatic rings. The molecule has 0 bridgehead atoms. The second-order valence-electron chi connectivity index (χ2n) is 5.40. The van der Waals surface area contributed by atoms with Gasteiger partial charge in [-0.05, 0) is 38.3 Å². The van der Waals surface area contributed by atoms with Gasteiger partial charge >= 0.3 is 0 Å². The van der Waals surface area contributed by atoms with Gasteiger partial charge in [-0.25, -0.2) is 0 Å². The average molecular weight is 241 g/mol. The summed E-state index contributed by atoms with van der Waals surface area (Å²) in [5, 5.41) is 2.98. The molecular weight excluding hydrogens is 214 g/mol. The van der Waals surface area contributed by atoms with E-state index in [1.54, 1.807) is 0 Å². The van der Waals surface area contributed by atoms with Crippen LogP contribution in [0.3, 0.4) is 0 Å². The van der Waals surface area contributed by atoms with Gasteiger partial charge in [0, 0.05) is 12.6 Å². The predicted octanol–water partition coefficient (Wildman–Crippen LogP) is 0.962. The molecule has 1 fully saturated rings. The molecule has 100 valence electrons. The average Bonchev–Trinajstić information content (AvgIpc) is 2.29. The highest BCUT2D eigenvalue weighted by atomic mass is 16.2. The molecule has 0 radical (unpaired) electrons. The van der Waals surface area contributed by atoms with Gasteiger partial charge in [-0.1, -0.05) is 20.3 Å². The number of nitrogens with two attached hydrogens (primary N) is 1. The van der Waals surface area contributed by atoms with Gasteiger partial charge in [-0.2, -0.15) is 0 Å². The number of nitrogens with zero attached hydrogens (tertiary/aromatic N) is 1. The van der Waals surface area contributed by atoms with Crippen LogP contribution in [-0.4, -0.2) is 43.0 Å². The summed E-state index contributed by atoms with van der Waals surface area (Å²) >= 11 is 0. The molecule has 1 aliphatic heterocycles. The summed E-state index contributed by atoms with van der Waals surface area (Å²) in [7, 11) is 0. The fourth-order valence-electron chi connectivity index (χ4n) is 2.35. The van der Waals surface area contributed by atoms with E-state index in [1.807, 2.05) is 0 Å². The van der Waals surface area contributed by atoms with E-state index in [9.17, 15) is 4.79 Å². The Morgan fingerprint density at radius 3 is 2.88 bits per heavy atom. The van der Waals surface area contributed by atoms with Gasteiger partial charge in [-0.3, -0.25) is 9.69 Å². The van der Waals surface area contributed by atoms with Crippen molar-refractivity contribution in [1.82, 2.24) is 10.2 Å². The van der Waals surface area contributed by atoms with Crippen LogP contribution < -0.4 is 11.1 Å². The summed E-state index contributed by atoms with van der Waals surface area (Å²) in [5.74, 6) is 0.669. The number of carbonyl (C=O) groups is 1. The second kappa shape index (κ2) is 7.67. The van der Waals surface area contributed by atoms with E-state index < -0.39 is 0 Å². The topological polar surface area (TPSA) is 58.4 Å². The van der Waals surface area contributed by atoms with Crippen molar-refractivity contribution >= 4 is 5.91 Å². The Morgan fingerprint density at radius 2 is 2.24 bits per heavy atom. The summed E-state index contributed by atoms with van der Waals surface area (Å²) in [5.41, 5.74) is 5.62. The van der Waals surface area contributed by atoms with Crippen LogP contribution in [0.1, 0.15) is 39.5 Å². The molecule has 1 atom stereocenters. The van der Waals surface area contributed by atoms with Crippen LogP contribution in [0.5, 0.6) is 0 Å². The number of hydrogen-bond donors (Lipinski definition) is 2. The summed E-state index contributed by atoms with van der Waals surface area (Å²) in [6, 6.07) is 0.513. The first-order valence-corrected chi connectivity index (χ1v) is 6.84. The van der Waals surface area contributed by atoms with Crippen molar-refractivity contribution in [3.8, 4) is 0 Å². The third-order valence-corrected chi connectivity index (χ3v) is 3.30. The van der Waals surface area contributed by atoms with Gasteiger partial charge in [-0.15, -0.1) is 0 Å². The maximum atomic E-state index is 11.8. The zero-order chi connectivity index (χ0) is 12.7. The molecule has 1 amide bonds. The summed E-state index contributed by atoms with van der Waals surface area (Å²) in [6.07, 6.45) is 4.68. The van der Waals surface area contributed by atoms with Gasteiger partial charge in [0.15, 0.2) is 0 Å². The number of likely N-dealkylation sites (tertiary alicyclic amines) is 1. The van der Waals surface area contributed by atoms with Crippen LogP contribution in [0.2, 0.25) is 0 Å². The number of nitrogens with one attached hydrogen (secondary N) is 1. The van der Waals surface area contributed by atoms with E-state index in [-0.39, 0.29) is 5.91 Å². The zero-order valence-electron chi connectivity index (χ0n) is 11.2. The largest absolute Gasteiger partial charge is 0.355 e. The van der Waals surface area contributed by atoms with E-state index in [0.29, 0.717) is 18.5 Å². The van der Waals surface area contributed by atoms with Crippen molar-refractivity contribution in [1.29, 1.82) is 0 Å². The lowest BCUT2D eigenvalue weighted by molar-refractivity contribution is -0.123. The van der Waals surface area contributed by atoms with E-state index in [1.165, 1.54) is 19.3 Å². The highest BCUT2D eigenvalue weighted by molar-refractivity contribution is 5.78. The molecule has 4 heteroatoms. The molecule has 0 aromatic carbocycles. The minimum atomic E-state index is 0.155. The number of hydrogen-bond acceptors (Lipinski definition) is 3. The number of carbonyl (C=O) groups excluding carboxylic acids is 1. The standard InChI is InChI=1S/C13H27N3O/c1-11(2)9-15-13(17)10-16-8-4-3-5-12(16)6-7-14/h11-12H,3-10,14H2,1-2H3,(H,15,17). The fraction of sp³-hybridized carbons (Fsp3) is 0.923. The van der Waals surface area contributed by atoms with Crippen LogP contribution in [-0.2, 0) is 4.79 Å². The molecular formula is C13H27N3O. The van der Waals surface area contributed by atoms with Crippen LogP contribution in [0.25, 0.3) is 0 Å². The summed E-state index contributed by atoms with van der Waals surface area (Å²) in [4.78, 5) is 14.1. The molecule has 0 aliphatic carbocycles. The Morgan fingerprint density at radius 1 is 1.47 bits per heavy atom.